The van der Waals surface area contributed by atoms with Crippen molar-refractivity contribution in [1.82, 2.24) is 0 Å². The normalized spacial score (nSPS) is 14.4. The van der Waals surface area contributed by atoms with E-state index in [9.17, 15) is 4.79 Å². The summed E-state index contributed by atoms with van der Waals surface area (Å²) in [6.45, 7) is 3.08. The lowest BCUT2D eigenvalue weighted by Gasteiger charge is -2.28. The third-order valence-electron chi connectivity index (χ3n) is 4.43. The zero-order valence-electron chi connectivity index (χ0n) is 14.2. The van der Waals surface area contributed by atoms with Crippen LogP contribution in [0.1, 0.15) is 15.2 Å². The fourth-order valence-corrected chi connectivity index (χ4v) is 4.38. The van der Waals surface area contributed by atoms with E-state index in [-0.39, 0.29) is 5.78 Å². The molecule has 132 valence electrons. The molecule has 1 aliphatic heterocycles. The maximum atomic E-state index is 12.9. The minimum atomic E-state index is 0.0605. The fourth-order valence-electron chi connectivity index (χ4n) is 3.06. The molecule has 2 heterocycles. The van der Waals surface area contributed by atoms with E-state index in [1.165, 1.54) is 0 Å². The minimum absolute atomic E-state index is 0.0605. The molecule has 4 rings (SSSR count). The van der Waals surface area contributed by atoms with E-state index in [4.69, 9.17) is 16.3 Å². The number of hydrogen-bond acceptors (Lipinski definition) is 4. The predicted octanol–water partition coefficient (Wildman–Crippen LogP) is 5.14. The van der Waals surface area contributed by atoms with E-state index < -0.39 is 0 Å². The smallest absolute Gasteiger partial charge is 0.203 e. The minimum Gasteiger partial charge on any atom is -0.378 e. The number of anilines is 1. The number of benzene rings is 2. The van der Waals surface area contributed by atoms with Crippen LogP contribution in [0.4, 0.5) is 5.00 Å². The van der Waals surface area contributed by atoms with Crippen LogP contribution in [0, 0.1) is 0 Å². The number of rotatable bonds is 4. The van der Waals surface area contributed by atoms with Crippen molar-refractivity contribution >= 4 is 33.7 Å². The first-order chi connectivity index (χ1) is 12.7. The molecule has 0 N–H and O–H groups in total. The van der Waals surface area contributed by atoms with Crippen LogP contribution in [0.15, 0.2) is 60.7 Å². The van der Waals surface area contributed by atoms with Crippen LogP contribution in [0.2, 0.25) is 5.02 Å². The lowest BCUT2D eigenvalue weighted by molar-refractivity contribution is 0.104. The Balaban J connectivity index is 1.77. The van der Waals surface area contributed by atoms with Crippen molar-refractivity contribution in [2.45, 2.75) is 0 Å². The Bertz CT molecular complexity index is 900. The van der Waals surface area contributed by atoms with E-state index in [0.29, 0.717) is 23.8 Å². The van der Waals surface area contributed by atoms with Crippen LogP contribution in [-0.2, 0) is 4.74 Å². The average molecular weight is 384 g/mol. The Morgan fingerprint density at radius 3 is 2.38 bits per heavy atom. The number of thiophene rings is 1. The van der Waals surface area contributed by atoms with Gasteiger partial charge in [0, 0.05) is 29.2 Å². The third-order valence-corrected chi connectivity index (χ3v) is 5.87. The second-order valence-corrected chi connectivity index (χ2v) is 7.60. The first-order valence-corrected chi connectivity index (χ1v) is 9.74. The van der Waals surface area contributed by atoms with Gasteiger partial charge in [-0.3, -0.25) is 4.79 Å². The first-order valence-electron chi connectivity index (χ1n) is 8.54. The molecule has 0 atom stereocenters. The summed E-state index contributed by atoms with van der Waals surface area (Å²) in [5, 5.41) is 1.83. The summed E-state index contributed by atoms with van der Waals surface area (Å²) in [5.74, 6) is 0.0605. The van der Waals surface area contributed by atoms with Gasteiger partial charge in [0.1, 0.15) is 0 Å². The SMILES string of the molecule is O=C(c1ccccc1)c1cc(-c2ccc(Cl)cc2)c(N2CCOCC2)s1. The molecule has 0 spiro atoms. The lowest BCUT2D eigenvalue weighted by atomic mass is 10.1. The molecular formula is C21H18ClNO2S. The van der Waals surface area contributed by atoms with Crippen LogP contribution in [0.25, 0.3) is 11.1 Å². The van der Waals surface area contributed by atoms with Gasteiger partial charge in [-0.15, -0.1) is 11.3 Å². The Kier molecular flexibility index (Phi) is 5.07. The molecule has 3 aromatic rings. The molecule has 1 fully saturated rings. The van der Waals surface area contributed by atoms with Crippen LogP contribution < -0.4 is 4.90 Å². The largest absolute Gasteiger partial charge is 0.378 e. The van der Waals surface area contributed by atoms with Gasteiger partial charge in [0.05, 0.1) is 23.1 Å². The summed E-state index contributed by atoms with van der Waals surface area (Å²) < 4.78 is 5.48. The van der Waals surface area contributed by atoms with E-state index in [1.54, 1.807) is 11.3 Å². The number of halogens is 1. The third kappa shape index (κ3) is 3.54. The molecule has 1 aliphatic rings. The fraction of sp³-hybridized carbons (Fsp3) is 0.190. The molecule has 5 heteroatoms. The zero-order valence-corrected chi connectivity index (χ0v) is 15.7. The van der Waals surface area contributed by atoms with Crippen LogP contribution in [0.3, 0.4) is 0 Å². The molecule has 2 aromatic carbocycles. The van der Waals surface area contributed by atoms with E-state index >= 15 is 0 Å². The van der Waals surface area contributed by atoms with Gasteiger partial charge in [0.15, 0.2) is 0 Å². The van der Waals surface area contributed by atoms with E-state index in [0.717, 1.165) is 34.1 Å². The summed E-state index contributed by atoms with van der Waals surface area (Å²) in [4.78, 5) is 16.0. The second-order valence-electron chi connectivity index (χ2n) is 6.13. The second kappa shape index (κ2) is 7.62. The molecule has 0 aliphatic carbocycles. The number of hydrogen-bond donors (Lipinski definition) is 0. The highest BCUT2D eigenvalue weighted by Crippen LogP contribution is 2.40. The number of carbonyl (C=O) groups is 1. The predicted molar refractivity (Wildman–Crippen MR) is 108 cm³/mol. The van der Waals surface area contributed by atoms with E-state index in [1.807, 2.05) is 60.7 Å². The van der Waals surface area contributed by atoms with Gasteiger partial charge in [0.25, 0.3) is 0 Å². The van der Waals surface area contributed by atoms with Crippen molar-refractivity contribution in [2.75, 3.05) is 31.2 Å². The van der Waals surface area contributed by atoms with Gasteiger partial charge in [-0.2, -0.15) is 0 Å². The molecule has 0 bridgehead atoms. The summed E-state index contributed by atoms with van der Waals surface area (Å²) in [6.07, 6.45) is 0. The Labute approximate surface area is 161 Å². The van der Waals surface area contributed by atoms with Crippen molar-refractivity contribution in [1.29, 1.82) is 0 Å². The van der Waals surface area contributed by atoms with Gasteiger partial charge in [0.2, 0.25) is 5.78 Å². The number of ether oxygens (including phenoxy) is 1. The molecule has 26 heavy (non-hydrogen) atoms. The van der Waals surface area contributed by atoms with Gasteiger partial charge in [-0.05, 0) is 23.8 Å². The van der Waals surface area contributed by atoms with Crippen molar-refractivity contribution < 1.29 is 9.53 Å². The molecule has 3 nitrogen and oxygen atoms in total. The number of morpholine rings is 1. The van der Waals surface area contributed by atoms with Crippen LogP contribution in [0.5, 0.6) is 0 Å². The van der Waals surface area contributed by atoms with Crippen LogP contribution in [-0.4, -0.2) is 32.1 Å². The lowest BCUT2D eigenvalue weighted by Crippen LogP contribution is -2.35. The summed E-state index contributed by atoms with van der Waals surface area (Å²) in [6, 6.07) is 19.2. The van der Waals surface area contributed by atoms with Crippen molar-refractivity contribution in [3.05, 3.63) is 76.1 Å². The average Bonchev–Trinajstić information content (AvgIpc) is 3.15. The molecular weight excluding hydrogens is 366 g/mol. The Morgan fingerprint density at radius 1 is 1.00 bits per heavy atom. The van der Waals surface area contributed by atoms with E-state index in [2.05, 4.69) is 4.90 Å². The molecule has 1 aromatic heterocycles. The molecule has 0 saturated carbocycles. The van der Waals surface area contributed by atoms with Crippen molar-refractivity contribution in [3.8, 4) is 11.1 Å². The number of ketones is 1. The maximum absolute atomic E-state index is 12.9. The summed E-state index contributed by atoms with van der Waals surface area (Å²) >= 11 is 7.60. The molecule has 1 saturated heterocycles. The van der Waals surface area contributed by atoms with Gasteiger partial charge in [-0.25, -0.2) is 0 Å². The summed E-state index contributed by atoms with van der Waals surface area (Å²) in [7, 11) is 0. The number of nitrogens with zero attached hydrogens (tertiary/aromatic N) is 1. The topological polar surface area (TPSA) is 29.5 Å². The van der Waals surface area contributed by atoms with Gasteiger partial charge in [-0.1, -0.05) is 54.1 Å². The molecule has 0 amide bonds. The molecule has 0 radical (unpaired) electrons. The van der Waals surface area contributed by atoms with Crippen LogP contribution >= 0.6 is 22.9 Å². The van der Waals surface area contributed by atoms with Gasteiger partial charge >= 0.3 is 0 Å². The zero-order chi connectivity index (χ0) is 17.9. The summed E-state index contributed by atoms with van der Waals surface area (Å²) in [5.41, 5.74) is 2.86. The molecule has 0 unspecified atom stereocenters. The van der Waals surface area contributed by atoms with Crippen molar-refractivity contribution in [2.24, 2.45) is 0 Å². The highest BCUT2D eigenvalue weighted by Gasteiger charge is 2.22. The maximum Gasteiger partial charge on any atom is 0.203 e. The number of carbonyl (C=O) groups excluding carboxylic acids is 1. The standard InChI is InChI=1S/C21H18ClNO2S/c22-17-8-6-15(7-9-17)18-14-19(20(24)16-4-2-1-3-5-16)26-21(18)23-10-12-25-13-11-23/h1-9,14H,10-13H2. The monoisotopic (exact) mass is 383 g/mol. The van der Waals surface area contributed by atoms with Crippen molar-refractivity contribution in [3.63, 3.8) is 0 Å². The highest BCUT2D eigenvalue weighted by atomic mass is 35.5. The quantitative estimate of drug-likeness (QED) is 0.584. The highest BCUT2D eigenvalue weighted by molar-refractivity contribution is 7.18. The Morgan fingerprint density at radius 2 is 1.69 bits per heavy atom. The first kappa shape index (κ1) is 17.3. The Hall–Kier alpha value is -2.14. The van der Waals surface area contributed by atoms with Gasteiger partial charge < -0.3 is 9.64 Å².